The van der Waals surface area contributed by atoms with Crippen molar-refractivity contribution in [3.8, 4) is 11.5 Å². The summed E-state index contributed by atoms with van der Waals surface area (Å²) in [4.78, 5) is 4.31. The van der Waals surface area contributed by atoms with Gasteiger partial charge in [-0.05, 0) is 44.0 Å². The minimum absolute atomic E-state index is 0.284. The molecular formula is C13H10Br2N2O2. The Kier molecular flexibility index (Phi) is 3.61. The molecule has 1 aromatic carbocycles. The molecule has 0 fully saturated rings. The van der Waals surface area contributed by atoms with E-state index in [1.54, 1.807) is 6.20 Å². The van der Waals surface area contributed by atoms with Gasteiger partial charge in [0.25, 0.3) is 0 Å². The molecule has 0 unspecified atom stereocenters. The molecule has 3 rings (SSSR count). The number of nitrogens with one attached hydrogen (secondary N) is 1. The molecular weight excluding hydrogens is 376 g/mol. The predicted molar refractivity (Wildman–Crippen MR) is 79.5 cm³/mol. The minimum atomic E-state index is 0.284. The van der Waals surface area contributed by atoms with Gasteiger partial charge in [0.15, 0.2) is 11.5 Å². The zero-order valence-electron chi connectivity index (χ0n) is 9.82. The molecule has 0 spiro atoms. The number of anilines is 1. The van der Waals surface area contributed by atoms with E-state index in [0.29, 0.717) is 6.54 Å². The van der Waals surface area contributed by atoms with Gasteiger partial charge in [0, 0.05) is 22.8 Å². The third-order valence-electron chi connectivity index (χ3n) is 2.73. The number of hydrogen-bond acceptors (Lipinski definition) is 4. The Morgan fingerprint density at radius 1 is 1.26 bits per heavy atom. The van der Waals surface area contributed by atoms with Crippen molar-refractivity contribution in [3.05, 3.63) is 45.0 Å². The van der Waals surface area contributed by atoms with Crippen molar-refractivity contribution in [1.29, 1.82) is 0 Å². The molecule has 1 N–H and O–H groups in total. The highest BCUT2D eigenvalue weighted by molar-refractivity contribution is 9.11. The summed E-state index contributed by atoms with van der Waals surface area (Å²) < 4.78 is 12.7. The van der Waals surface area contributed by atoms with Crippen LogP contribution in [0.4, 0.5) is 5.82 Å². The van der Waals surface area contributed by atoms with Gasteiger partial charge in [-0.25, -0.2) is 4.98 Å². The van der Waals surface area contributed by atoms with Crippen molar-refractivity contribution in [2.24, 2.45) is 0 Å². The van der Waals surface area contributed by atoms with Gasteiger partial charge in [0.1, 0.15) is 5.82 Å². The van der Waals surface area contributed by atoms with Crippen molar-refractivity contribution in [1.82, 2.24) is 4.98 Å². The summed E-state index contributed by atoms with van der Waals surface area (Å²) >= 11 is 6.85. The van der Waals surface area contributed by atoms with Crippen molar-refractivity contribution in [2.45, 2.75) is 6.54 Å². The Morgan fingerprint density at radius 2 is 2.16 bits per heavy atom. The molecule has 19 heavy (non-hydrogen) atoms. The number of hydrogen-bond donors (Lipinski definition) is 1. The molecule has 0 atom stereocenters. The van der Waals surface area contributed by atoms with Crippen LogP contribution in [0.5, 0.6) is 11.5 Å². The molecule has 1 aliphatic rings. The molecule has 1 aromatic heterocycles. The largest absolute Gasteiger partial charge is 0.454 e. The number of para-hydroxylation sites is 1. The Labute approximate surface area is 127 Å². The average Bonchev–Trinajstić information content (AvgIpc) is 2.86. The van der Waals surface area contributed by atoms with E-state index in [2.05, 4.69) is 42.2 Å². The second-order valence-electron chi connectivity index (χ2n) is 3.99. The summed E-state index contributed by atoms with van der Waals surface area (Å²) in [6, 6.07) is 7.81. The van der Waals surface area contributed by atoms with Crippen molar-refractivity contribution >= 4 is 37.7 Å². The van der Waals surface area contributed by atoms with E-state index < -0.39 is 0 Å². The summed E-state index contributed by atoms with van der Waals surface area (Å²) in [5, 5.41) is 3.27. The summed E-state index contributed by atoms with van der Waals surface area (Å²) in [6.45, 7) is 0.909. The number of rotatable bonds is 3. The van der Waals surface area contributed by atoms with E-state index >= 15 is 0 Å². The van der Waals surface area contributed by atoms with Crippen LogP contribution in [0.15, 0.2) is 39.4 Å². The molecule has 0 saturated carbocycles. The quantitative estimate of drug-likeness (QED) is 0.868. The molecule has 0 radical (unpaired) electrons. The average molecular weight is 386 g/mol. The molecule has 98 valence electrons. The van der Waals surface area contributed by atoms with Gasteiger partial charge in [0.05, 0.1) is 4.47 Å². The minimum Gasteiger partial charge on any atom is -0.454 e. The van der Waals surface area contributed by atoms with Crippen LogP contribution >= 0.6 is 31.9 Å². The Hall–Kier alpha value is -1.27. The lowest BCUT2D eigenvalue weighted by atomic mass is 10.2. The fourth-order valence-corrected chi connectivity index (χ4v) is 2.98. The van der Waals surface area contributed by atoms with Gasteiger partial charge < -0.3 is 14.8 Å². The fraction of sp³-hybridized carbons (Fsp3) is 0.154. The normalized spacial score (nSPS) is 12.5. The van der Waals surface area contributed by atoms with Crippen LogP contribution in [0.2, 0.25) is 0 Å². The third-order valence-corrected chi connectivity index (χ3v) is 3.77. The Balaban J connectivity index is 1.78. The van der Waals surface area contributed by atoms with Gasteiger partial charge in [-0.15, -0.1) is 0 Å². The van der Waals surface area contributed by atoms with Crippen LogP contribution in [0.3, 0.4) is 0 Å². The summed E-state index contributed by atoms with van der Waals surface area (Å²) in [7, 11) is 0. The van der Waals surface area contributed by atoms with Gasteiger partial charge in [-0.2, -0.15) is 0 Å². The maximum atomic E-state index is 5.47. The monoisotopic (exact) mass is 384 g/mol. The van der Waals surface area contributed by atoms with E-state index in [-0.39, 0.29) is 6.79 Å². The lowest BCUT2D eigenvalue weighted by molar-refractivity contribution is 0.173. The lowest BCUT2D eigenvalue weighted by Gasteiger charge is -2.09. The van der Waals surface area contributed by atoms with Gasteiger partial charge in [0.2, 0.25) is 6.79 Å². The molecule has 4 nitrogen and oxygen atoms in total. The highest BCUT2D eigenvalue weighted by atomic mass is 79.9. The molecule has 0 bridgehead atoms. The molecule has 1 aliphatic heterocycles. The lowest BCUT2D eigenvalue weighted by Crippen LogP contribution is -2.03. The van der Waals surface area contributed by atoms with Gasteiger partial charge >= 0.3 is 0 Å². The first-order valence-electron chi connectivity index (χ1n) is 5.66. The van der Waals surface area contributed by atoms with Crippen LogP contribution in [-0.4, -0.2) is 11.8 Å². The van der Waals surface area contributed by atoms with E-state index in [1.807, 2.05) is 24.3 Å². The molecule has 2 heterocycles. The van der Waals surface area contributed by atoms with Gasteiger partial charge in [-0.3, -0.25) is 0 Å². The first-order chi connectivity index (χ1) is 9.24. The van der Waals surface area contributed by atoms with Crippen LogP contribution in [0.25, 0.3) is 0 Å². The number of benzene rings is 1. The molecule has 2 aromatic rings. The highest BCUT2D eigenvalue weighted by Crippen LogP contribution is 2.35. The van der Waals surface area contributed by atoms with Crippen molar-refractivity contribution in [3.63, 3.8) is 0 Å². The maximum absolute atomic E-state index is 5.47. The first-order valence-corrected chi connectivity index (χ1v) is 7.25. The fourth-order valence-electron chi connectivity index (χ4n) is 1.85. The van der Waals surface area contributed by atoms with Crippen molar-refractivity contribution in [2.75, 3.05) is 12.1 Å². The third kappa shape index (κ3) is 2.69. The molecule has 0 saturated heterocycles. The smallest absolute Gasteiger partial charge is 0.231 e. The van der Waals surface area contributed by atoms with Crippen LogP contribution < -0.4 is 14.8 Å². The number of pyridine rings is 1. The van der Waals surface area contributed by atoms with E-state index in [9.17, 15) is 0 Å². The number of halogens is 2. The molecule has 6 heteroatoms. The van der Waals surface area contributed by atoms with E-state index in [0.717, 1.165) is 31.8 Å². The number of ether oxygens (including phenoxy) is 2. The van der Waals surface area contributed by atoms with E-state index in [1.165, 1.54) is 0 Å². The Morgan fingerprint density at radius 3 is 3.00 bits per heavy atom. The van der Waals surface area contributed by atoms with E-state index in [4.69, 9.17) is 9.47 Å². The van der Waals surface area contributed by atoms with Crippen molar-refractivity contribution < 1.29 is 9.47 Å². The number of nitrogens with zero attached hydrogens (tertiary/aromatic N) is 1. The standard InChI is InChI=1S/C13H10Br2N2O2/c14-9-4-10(15)13(17-6-9)16-5-8-2-1-3-11-12(8)19-7-18-11/h1-4,6H,5,7H2,(H,16,17). The number of fused-ring (bicyclic) bond motifs is 1. The highest BCUT2D eigenvalue weighted by Gasteiger charge is 2.17. The zero-order chi connectivity index (χ0) is 13.2. The summed E-state index contributed by atoms with van der Waals surface area (Å²) in [5.74, 6) is 2.39. The van der Waals surface area contributed by atoms with Crippen LogP contribution in [0.1, 0.15) is 5.56 Å². The SMILES string of the molecule is Brc1cnc(NCc2cccc3c2OCO3)c(Br)c1. The summed E-state index contributed by atoms with van der Waals surface area (Å²) in [6.07, 6.45) is 1.75. The second kappa shape index (κ2) is 5.38. The summed E-state index contributed by atoms with van der Waals surface area (Å²) in [5.41, 5.74) is 1.05. The predicted octanol–water partition coefficient (Wildman–Crippen LogP) is 3.95. The topological polar surface area (TPSA) is 43.4 Å². The first kappa shape index (κ1) is 12.7. The maximum Gasteiger partial charge on any atom is 0.231 e. The molecule has 0 amide bonds. The molecule has 0 aliphatic carbocycles. The second-order valence-corrected chi connectivity index (χ2v) is 5.76. The van der Waals surface area contributed by atoms with Crippen LogP contribution in [0, 0.1) is 0 Å². The van der Waals surface area contributed by atoms with Gasteiger partial charge in [-0.1, -0.05) is 12.1 Å². The van der Waals surface area contributed by atoms with Crippen LogP contribution in [-0.2, 0) is 6.54 Å². The Bertz CT molecular complexity index is 620. The number of aromatic nitrogens is 1. The zero-order valence-corrected chi connectivity index (χ0v) is 13.0.